The summed E-state index contributed by atoms with van der Waals surface area (Å²) in [7, 11) is 0. The molecule has 0 aliphatic heterocycles. The topological polar surface area (TPSA) is 67.5 Å². The van der Waals surface area contributed by atoms with Crippen LogP contribution in [-0.2, 0) is 6.42 Å². The van der Waals surface area contributed by atoms with Crippen LogP contribution in [0.25, 0.3) is 11.0 Å². The number of hydrogen-bond acceptors (Lipinski definition) is 3. The summed E-state index contributed by atoms with van der Waals surface area (Å²) in [5, 5.41) is 9.48. The van der Waals surface area contributed by atoms with E-state index in [1.807, 2.05) is 18.2 Å². The smallest absolute Gasteiger partial charge is 0.335 e. The predicted molar refractivity (Wildman–Crippen MR) is 99.9 cm³/mol. The minimum absolute atomic E-state index is 0.0793. The van der Waals surface area contributed by atoms with Crippen LogP contribution in [0.5, 0.6) is 0 Å². The molecule has 0 amide bonds. The average Bonchev–Trinajstić information content (AvgIpc) is 3.45. The normalized spacial score (nSPS) is 18.6. The van der Waals surface area contributed by atoms with Gasteiger partial charge in [-0.05, 0) is 42.5 Å². The van der Waals surface area contributed by atoms with Crippen molar-refractivity contribution in [3.05, 3.63) is 93.9 Å². The van der Waals surface area contributed by atoms with Crippen molar-refractivity contribution in [2.45, 2.75) is 24.7 Å². The van der Waals surface area contributed by atoms with Crippen molar-refractivity contribution in [3.8, 4) is 0 Å². The van der Waals surface area contributed by atoms with Crippen molar-refractivity contribution in [1.82, 2.24) is 0 Å². The van der Waals surface area contributed by atoms with Gasteiger partial charge in [0.25, 0.3) is 0 Å². The molecule has 0 saturated heterocycles. The van der Waals surface area contributed by atoms with Gasteiger partial charge in [0, 0.05) is 11.5 Å². The number of carboxylic acids is 1. The Bertz CT molecular complexity index is 1060. The van der Waals surface area contributed by atoms with E-state index in [9.17, 15) is 14.7 Å². The highest BCUT2D eigenvalue weighted by Gasteiger charge is 2.43. The Hall–Kier alpha value is -3.14. The Balaban J connectivity index is 1.83. The molecule has 26 heavy (non-hydrogen) atoms. The van der Waals surface area contributed by atoms with E-state index in [0.717, 1.165) is 6.42 Å². The van der Waals surface area contributed by atoms with Crippen molar-refractivity contribution in [3.63, 3.8) is 0 Å². The minimum Gasteiger partial charge on any atom is -0.478 e. The molecule has 1 aliphatic rings. The number of rotatable bonds is 5. The molecule has 1 aliphatic carbocycles. The molecule has 130 valence electrons. The molecule has 2 unspecified atom stereocenters. The van der Waals surface area contributed by atoms with Crippen LogP contribution in [0.3, 0.4) is 0 Å². The van der Waals surface area contributed by atoms with Crippen LogP contribution >= 0.6 is 0 Å². The van der Waals surface area contributed by atoms with E-state index in [-0.39, 0.29) is 16.9 Å². The zero-order chi connectivity index (χ0) is 18.3. The van der Waals surface area contributed by atoms with Gasteiger partial charge < -0.3 is 9.52 Å². The zero-order valence-electron chi connectivity index (χ0n) is 14.1. The van der Waals surface area contributed by atoms with Crippen LogP contribution in [0, 0.1) is 0 Å². The first-order valence-corrected chi connectivity index (χ1v) is 8.59. The van der Waals surface area contributed by atoms with Gasteiger partial charge in [-0.15, -0.1) is 6.58 Å². The van der Waals surface area contributed by atoms with Gasteiger partial charge in [-0.3, -0.25) is 4.79 Å². The van der Waals surface area contributed by atoms with Crippen molar-refractivity contribution in [1.29, 1.82) is 0 Å². The van der Waals surface area contributed by atoms with E-state index in [1.54, 1.807) is 12.1 Å². The second kappa shape index (κ2) is 6.30. The predicted octanol–water partition coefficient (Wildman–Crippen LogP) is 4.49. The third-order valence-electron chi connectivity index (χ3n) is 4.97. The molecule has 3 aromatic rings. The lowest BCUT2D eigenvalue weighted by molar-refractivity contribution is 0.0697. The molecule has 4 heteroatoms. The number of hydrogen-bond donors (Lipinski definition) is 1. The molecule has 1 N–H and O–H groups in total. The number of benzene rings is 2. The van der Waals surface area contributed by atoms with Gasteiger partial charge in [0.15, 0.2) is 5.43 Å². The monoisotopic (exact) mass is 346 g/mol. The number of fused-ring (bicyclic) bond motifs is 1. The molecule has 2 aromatic carbocycles. The summed E-state index contributed by atoms with van der Waals surface area (Å²) in [5.74, 6) is 0.161. The lowest BCUT2D eigenvalue weighted by Gasteiger charge is -2.09. The minimum atomic E-state index is -1.06. The summed E-state index contributed by atoms with van der Waals surface area (Å²) in [6.45, 7) is 3.75. The van der Waals surface area contributed by atoms with Crippen molar-refractivity contribution >= 4 is 16.9 Å². The van der Waals surface area contributed by atoms with Gasteiger partial charge in [-0.2, -0.15) is 0 Å². The Morgan fingerprint density at radius 2 is 1.96 bits per heavy atom. The number of aromatic carboxylic acids is 1. The maximum absolute atomic E-state index is 13.0. The van der Waals surface area contributed by atoms with Crippen LogP contribution < -0.4 is 5.43 Å². The number of carboxylic acid groups (broad SMARTS) is 1. The number of allylic oxidation sites excluding steroid dienone is 1. The summed E-state index contributed by atoms with van der Waals surface area (Å²) in [6, 6.07) is 14.6. The van der Waals surface area contributed by atoms with Gasteiger partial charge in [-0.25, -0.2) is 4.79 Å². The van der Waals surface area contributed by atoms with Gasteiger partial charge in [-0.1, -0.05) is 36.4 Å². The van der Waals surface area contributed by atoms with E-state index in [0.29, 0.717) is 34.6 Å². The summed E-state index contributed by atoms with van der Waals surface area (Å²) in [4.78, 5) is 24.2. The van der Waals surface area contributed by atoms with Crippen LogP contribution in [0.15, 0.2) is 70.4 Å². The summed E-state index contributed by atoms with van der Waals surface area (Å²) >= 11 is 0. The second-order valence-electron chi connectivity index (χ2n) is 6.64. The molecular formula is C22H18O4. The van der Waals surface area contributed by atoms with Crippen LogP contribution in [-0.4, -0.2) is 11.1 Å². The highest BCUT2D eigenvalue weighted by molar-refractivity contribution is 5.92. The fourth-order valence-electron chi connectivity index (χ4n) is 3.57. The van der Waals surface area contributed by atoms with Crippen molar-refractivity contribution in [2.75, 3.05) is 0 Å². The van der Waals surface area contributed by atoms with Crippen molar-refractivity contribution < 1.29 is 14.3 Å². The second-order valence-corrected chi connectivity index (χ2v) is 6.64. The highest BCUT2D eigenvalue weighted by Crippen LogP contribution is 2.55. The lowest BCUT2D eigenvalue weighted by atomic mass is 10.0. The largest absolute Gasteiger partial charge is 0.478 e. The molecular weight excluding hydrogens is 328 g/mol. The summed E-state index contributed by atoms with van der Waals surface area (Å²) in [6.07, 6.45) is 3.03. The first kappa shape index (κ1) is 16.3. The van der Waals surface area contributed by atoms with Crippen LogP contribution in [0.2, 0.25) is 0 Å². The quantitative estimate of drug-likeness (QED) is 0.691. The Kier molecular flexibility index (Phi) is 3.96. The van der Waals surface area contributed by atoms with Gasteiger partial charge in [0.05, 0.1) is 10.9 Å². The third-order valence-corrected chi connectivity index (χ3v) is 4.97. The molecule has 1 saturated carbocycles. The molecule has 4 rings (SSSR count). The SMILES string of the molecule is C=CCc1c(C2CC2c2ccccc2)oc2ccc(C(=O)O)cc2c1=O. The van der Waals surface area contributed by atoms with Gasteiger partial charge in [0.1, 0.15) is 11.3 Å². The first-order valence-electron chi connectivity index (χ1n) is 8.59. The molecule has 0 radical (unpaired) electrons. The van der Waals surface area contributed by atoms with E-state index in [1.165, 1.54) is 17.7 Å². The van der Waals surface area contributed by atoms with E-state index in [2.05, 4.69) is 18.7 Å². The molecule has 2 atom stereocenters. The summed E-state index contributed by atoms with van der Waals surface area (Å²) < 4.78 is 6.10. The van der Waals surface area contributed by atoms with E-state index >= 15 is 0 Å². The third kappa shape index (κ3) is 2.73. The average molecular weight is 346 g/mol. The fraction of sp³-hybridized carbons (Fsp3) is 0.182. The fourth-order valence-corrected chi connectivity index (χ4v) is 3.57. The molecule has 1 fully saturated rings. The number of carbonyl (C=O) groups is 1. The summed E-state index contributed by atoms with van der Waals surface area (Å²) in [5.41, 5.74) is 2.17. The molecule has 0 bridgehead atoms. The van der Waals surface area contributed by atoms with Gasteiger partial charge >= 0.3 is 5.97 Å². The standard InChI is InChI=1S/C22H18O4/c1-2-6-15-20(23)18-11-14(22(24)25)9-10-19(18)26-21(15)17-12-16(17)13-7-4-3-5-8-13/h2-5,7-11,16-17H,1,6,12H2,(H,24,25). The van der Waals surface area contributed by atoms with Crippen LogP contribution in [0.4, 0.5) is 0 Å². The molecule has 4 nitrogen and oxygen atoms in total. The Morgan fingerprint density at radius 3 is 2.65 bits per heavy atom. The van der Waals surface area contributed by atoms with Gasteiger partial charge in [0.2, 0.25) is 0 Å². The maximum Gasteiger partial charge on any atom is 0.335 e. The molecule has 1 heterocycles. The molecule has 0 spiro atoms. The molecule has 1 aromatic heterocycles. The Labute approximate surface area is 150 Å². The highest BCUT2D eigenvalue weighted by atomic mass is 16.4. The van der Waals surface area contributed by atoms with E-state index < -0.39 is 5.97 Å². The van der Waals surface area contributed by atoms with E-state index in [4.69, 9.17) is 4.42 Å². The first-order chi connectivity index (χ1) is 12.6. The Morgan fingerprint density at radius 1 is 1.19 bits per heavy atom. The van der Waals surface area contributed by atoms with Crippen molar-refractivity contribution in [2.24, 2.45) is 0 Å². The zero-order valence-corrected chi connectivity index (χ0v) is 14.1. The van der Waals surface area contributed by atoms with Crippen LogP contribution in [0.1, 0.15) is 45.5 Å². The lowest BCUT2D eigenvalue weighted by Crippen LogP contribution is -2.13. The maximum atomic E-state index is 13.0.